The highest BCUT2D eigenvalue weighted by molar-refractivity contribution is 6.31. The fourth-order valence-electron chi connectivity index (χ4n) is 1.55. The van der Waals surface area contributed by atoms with Gasteiger partial charge in [-0.1, -0.05) is 31.5 Å². The smallest absolute Gasteiger partial charge is 0.242 e. The molecule has 0 heterocycles. The lowest BCUT2D eigenvalue weighted by Crippen LogP contribution is -2.38. The molecule has 3 nitrogen and oxygen atoms in total. The fraction of sp³-hybridized carbons (Fsp3) is 0.500. The highest BCUT2D eigenvalue weighted by atomic mass is 35.5. The summed E-state index contributed by atoms with van der Waals surface area (Å²) in [5.41, 5.74) is 0.235. The van der Waals surface area contributed by atoms with Gasteiger partial charge in [0.2, 0.25) is 5.91 Å². The van der Waals surface area contributed by atoms with E-state index < -0.39 is 11.9 Å². The maximum atomic E-state index is 13.7. The molecule has 0 bridgehead atoms. The Bertz CT molecular complexity index is 437. The van der Waals surface area contributed by atoms with E-state index in [-0.39, 0.29) is 16.6 Å². The number of nitrogens with one attached hydrogen (secondary N) is 2. The van der Waals surface area contributed by atoms with Gasteiger partial charge < -0.3 is 10.6 Å². The predicted molar refractivity (Wildman–Crippen MR) is 77.0 cm³/mol. The number of carbonyl (C=O) groups excluding carboxylic acids is 1. The van der Waals surface area contributed by atoms with E-state index in [0.717, 1.165) is 6.42 Å². The highest BCUT2D eigenvalue weighted by Crippen LogP contribution is 2.22. The third-order valence-corrected chi connectivity index (χ3v) is 3.03. The van der Waals surface area contributed by atoms with Crippen molar-refractivity contribution in [2.24, 2.45) is 5.92 Å². The molecule has 2 N–H and O–H groups in total. The predicted octanol–water partition coefficient (Wildman–Crippen LogP) is 3.44. The van der Waals surface area contributed by atoms with E-state index >= 15 is 0 Å². The molecule has 5 heteroatoms. The molecule has 0 fully saturated rings. The molecular formula is C14H20ClFN2O. The molecule has 1 amide bonds. The molecule has 1 aromatic carbocycles. The minimum Gasteiger partial charge on any atom is -0.371 e. The van der Waals surface area contributed by atoms with Gasteiger partial charge in [-0.05, 0) is 31.4 Å². The van der Waals surface area contributed by atoms with Gasteiger partial charge in [-0.2, -0.15) is 0 Å². The topological polar surface area (TPSA) is 41.1 Å². The molecule has 0 saturated carbocycles. The summed E-state index contributed by atoms with van der Waals surface area (Å²) in [7, 11) is 0. The summed E-state index contributed by atoms with van der Waals surface area (Å²) in [6.45, 7) is 6.50. The van der Waals surface area contributed by atoms with Crippen molar-refractivity contribution in [3.8, 4) is 0 Å². The van der Waals surface area contributed by atoms with Crippen LogP contribution in [0.5, 0.6) is 0 Å². The number of hydrogen-bond donors (Lipinski definition) is 2. The molecule has 1 aromatic rings. The SMILES string of the molecule is CC(C)CCNC(=O)C(C)Nc1cccc(Cl)c1F. The van der Waals surface area contributed by atoms with Gasteiger partial charge in [0.05, 0.1) is 10.7 Å². The minimum absolute atomic E-state index is 0.0393. The van der Waals surface area contributed by atoms with Crippen molar-refractivity contribution in [3.05, 3.63) is 29.0 Å². The van der Waals surface area contributed by atoms with Crippen LogP contribution in [0, 0.1) is 11.7 Å². The summed E-state index contributed by atoms with van der Waals surface area (Å²) in [5, 5.41) is 5.67. The fourth-order valence-corrected chi connectivity index (χ4v) is 1.73. The molecule has 19 heavy (non-hydrogen) atoms. The van der Waals surface area contributed by atoms with Crippen molar-refractivity contribution in [2.45, 2.75) is 33.2 Å². The van der Waals surface area contributed by atoms with Gasteiger partial charge in [-0.25, -0.2) is 4.39 Å². The standard InChI is InChI=1S/C14H20ClFN2O/c1-9(2)7-8-17-14(19)10(3)18-12-6-4-5-11(15)13(12)16/h4-6,9-10,18H,7-8H2,1-3H3,(H,17,19). The van der Waals surface area contributed by atoms with Crippen LogP contribution in [0.3, 0.4) is 0 Å². The quantitative estimate of drug-likeness (QED) is 0.841. The van der Waals surface area contributed by atoms with Crippen molar-refractivity contribution in [1.82, 2.24) is 5.32 Å². The third kappa shape index (κ3) is 5.07. The Morgan fingerprint density at radius 2 is 2.05 bits per heavy atom. The Kier molecular flexibility index (Phi) is 6.09. The van der Waals surface area contributed by atoms with Crippen LogP contribution in [0.2, 0.25) is 5.02 Å². The van der Waals surface area contributed by atoms with Crippen LogP contribution < -0.4 is 10.6 Å². The van der Waals surface area contributed by atoms with Crippen LogP contribution in [-0.4, -0.2) is 18.5 Å². The number of carbonyl (C=O) groups is 1. The van der Waals surface area contributed by atoms with E-state index in [1.165, 1.54) is 6.07 Å². The second-order valence-corrected chi connectivity index (χ2v) is 5.35. The third-order valence-electron chi connectivity index (χ3n) is 2.74. The van der Waals surface area contributed by atoms with E-state index in [9.17, 15) is 9.18 Å². The summed E-state index contributed by atoms with van der Waals surface area (Å²) in [6.07, 6.45) is 0.921. The lowest BCUT2D eigenvalue weighted by Gasteiger charge is -2.16. The van der Waals surface area contributed by atoms with Gasteiger partial charge in [-0.3, -0.25) is 4.79 Å². The first-order valence-electron chi connectivity index (χ1n) is 6.40. The van der Waals surface area contributed by atoms with Crippen LogP contribution in [0.4, 0.5) is 10.1 Å². The summed E-state index contributed by atoms with van der Waals surface area (Å²) in [4.78, 5) is 11.8. The number of anilines is 1. The molecule has 0 aliphatic rings. The van der Waals surface area contributed by atoms with E-state index in [0.29, 0.717) is 12.5 Å². The number of rotatable bonds is 6. The molecule has 1 rings (SSSR count). The molecule has 1 unspecified atom stereocenters. The first-order valence-corrected chi connectivity index (χ1v) is 6.78. The molecule has 1 atom stereocenters. The second-order valence-electron chi connectivity index (χ2n) is 4.94. The van der Waals surface area contributed by atoms with Crippen LogP contribution in [0.15, 0.2) is 18.2 Å². The van der Waals surface area contributed by atoms with Gasteiger partial charge >= 0.3 is 0 Å². The first-order chi connectivity index (χ1) is 8.91. The molecule has 0 radical (unpaired) electrons. The number of hydrogen-bond acceptors (Lipinski definition) is 2. The van der Waals surface area contributed by atoms with E-state index in [1.54, 1.807) is 19.1 Å². The number of benzene rings is 1. The van der Waals surface area contributed by atoms with Crippen molar-refractivity contribution >= 4 is 23.2 Å². The van der Waals surface area contributed by atoms with Crippen LogP contribution in [-0.2, 0) is 4.79 Å². The van der Waals surface area contributed by atoms with Gasteiger partial charge in [0.15, 0.2) is 5.82 Å². The maximum absolute atomic E-state index is 13.7. The largest absolute Gasteiger partial charge is 0.371 e. The Balaban J connectivity index is 2.52. The Hall–Kier alpha value is -1.29. The minimum atomic E-state index is -0.536. The lowest BCUT2D eigenvalue weighted by atomic mass is 10.1. The molecule has 0 spiro atoms. The van der Waals surface area contributed by atoms with Crippen molar-refractivity contribution in [1.29, 1.82) is 0 Å². The maximum Gasteiger partial charge on any atom is 0.242 e. The molecule has 0 aliphatic carbocycles. The van der Waals surface area contributed by atoms with Crippen molar-refractivity contribution in [3.63, 3.8) is 0 Å². The molecule has 0 aliphatic heterocycles. The van der Waals surface area contributed by atoms with Crippen molar-refractivity contribution in [2.75, 3.05) is 11.9 Å². The first kappa shape index (κ1) is 15.8. The van der Waals surface area contributed by atoms with Crippen LogP contribution in [0.25, 0.3) is 0 Å². The zero-order valence-electron chi connectivity index (χ0n) is 11.5. The Labute approximate surface area is 118 Å². The van der Waals surface area contributed by atoms with Crippen LogP contribution in [0.1, 0.15) is 27.2 Å². The van der Waals surface area contributed by atoms with Gasteiger partial charge in [-0.15, -0.1) is 0 Å². The molecule has 0 aromatic heterocycles. The van der Waals surface area contributed by atoms with Gasteiger partial charge in [0.25, 0.3) is 0 Å². The Morgan fingerprint density at radius 1 is 1.37 bits per heavy atom. The van der Waals surface area contributed by atoms with E-state index in [4.69, 9.17) is 11.6 Å². The summed E-state index contributed by atoms with van der Waals surface area (Å²) >= 11 is 5.68. The normalized spacial score (nSPS) is 12.3. The van der Waals surface area contributed by atoms with E-state index in [2.05, 4.69) is 24.5 Å². The monoisotopic (exact) mass is 286 g/mol. The highest BCUT2D eigenvalue weighted by Gasteiger charge is 2.15. The molecular weight excluding hydrogens is 267 g/mol. The number of amides is 1. The average Bonchev–Trinajstić information content (AvgIpc) is 2.34. The van der Waals surface area contributed by atoms with Crippen molar-refractivity contribution < 1.29 is 9.18 Å². The van der Waals surface area contributed by atoms with Gasteiger partial charge in [0.1, 0.15) is 6.04 Å². The number of halogens is 2. The second kappa shape index (κ2) is 7.34. The molecule has 106 valence electrons. The summed E-state index contributed by atoms with van der Waals surface area (Å²) in [6, 6.07) is 4.14. The zero-order valence-corrected chi connectivity index (χ0v) is 12.2. The van der Waals surface area contributed by atoms with Crippen LogP contribution >= 0.6 is 11.6 Å². The van der Waals surface area contributed by atoms with E-state index in [1.807, 2.05) is 0 Å². The summed E-state index contributed by atoms with van der Waals surface area (Å²) in [5.74, 6) is -0.153. The average molecular weight is 287 g/mol. The summed E-state index contributed by atoms with van der Waals surface area (Å²) < 4.78 is 13.7. The Morgan fingerprint density at radius 3 is 2.68 bits per heavy atom. The molecule has 0 saturated heterocycles. The zero-order chi connectivity index (χ0) is 14.4. The lowest BCUT2D eigenvalue weighted by molar-refractivity contribution is -0.121. The van der Waals surface area contributed by atoms with Gasteiger partial charge in [0, 0.05) is 6.54 Å².